The summed E-state index contributed by atoms with van der Waals surface area (Å²) in [6.07, 6.45) is 0. The molecule has 2 N–H and O–H groups in total. The van der Waals surface area contributed by atoms with Crippen LogP contribution in [0.25, 0.3) is 0 Å². The van der Waals surface area contributed by atoms with Crippen LogP contribution >= 0.6 is 0 Å². The van der Waals surface area contributed by atoms with E-state index in [0.29, 0.717) is 18.7 Å². The Kier molecular flexibility index (Phi) is 4.44. The van der Waals surface area contributed by atoms with Gasteiger partial charge in [0.1, 0.15) is 5.82 Å². The van der Waals surface area contributed by atoms with Crippen LogP contribution in [0.4, 0.5) is 4.39 Å². The molecule has 0 fully saturated rings. The van der Waals surface area contributed by atoms with E-state index in [1.807, 2.05) is 26.8 Å². The molecular weight excluding hydrogens is 205 g/mol. The maximum atomic E-state index is 13.4. The number of aliphatic hydroxyl groups excluding tert-OH is 1. The highest BCUT2D eigenvalue weighted by atomic mass is 19.1. The number of hydrogen-bond donors (Lipinski definition) is 2. The van der Waals surface area contributed by atoms with E-state index in [-0.39, 0.29) is 17.8 Å². The average molecular weight is 225 g/mol. The minimum atomic E-state index is -0.181. The summed E-state index contributed by atoms with van der Waals surface area (Å²) in [6.45, 7) is 7.16. The van der Waals surface area contributed by atoms with Gasteiger partial charge < -0.3 is 10.4 Å². The monoisotopic (exact) mass is 225 g/mol. The zero-order valence-electron chi connectivity index (χ0n) is 10.2. The molecule has 0 amide bonds. The van der Waals surface area contributed by atoms with Crippen molar-refractivity contribution in [2.75, 3.05) is 13.2 Å². The van der Waals surface area contributed by atoms with Crippen LogP contribution in [0.15, 0.2) is 18.2 Å². The second-order valence-electron chi connectivity index (χ2n) is 5.02. The maximum Gasteiger partial charge on any atom is 0.127 e. The van der Waals surface area contributed by atoms with Crippen LogP contribution in [0, 0.1) is 18.2 Å². The van der Waals surface area contributed by atoms with Gasteiger partial charge in [0.25, 0.3) is 0 Å². The fourth-order valence-electron chi connectivity index (χ4n) is 1.43. The van der Waals surface area contributed by atoms with Gasteiger partial charge in [-0.2, -0.15) is 0 Å². The molecule has 16 heavy (non-hydrogen) atoms. The van der Waals surface area contributed by atoms with Gasteiger partial charge in [-0.05, 0) is 13.0 Å². The topological polar surface area (TPSA) is 32.3 Å². The predicted molar refractivity (Wildman–Crippen MR) is 63.7 cm³/mol. The lowest BCUT2D eigenvalue weighted by Gasteiger charge is -2.22. The first kappa shape index (κ1) is 13.1. The van der Waals surface area contributed by atoms with Crippen molar-refractivity contribution in [3.63, 3.8) is 0 Å². The van der Waals surface area contributed by atoms with Gasteiger partial charge in [-0.1, -0.05) is 31.5 Å². The molecule has 0 bridgehead atoms. The SMILES string of the molecule is Cc1ccc(F)c(CNCC(C)(C)CO)c1. The van der Waals surface area contributed by atoms with Gasteiger partial charge in [-0.15, -0.1) is 0 Å². The lowest BCUT2D eigenvalue weighted by Crippen LogP contribution is -2.32. The Morgan fingerprint density at radius 2 is 2.06 bits per heavy atom. The normalized spacial score (nSPS) is 11.8. The number of aliphatic hydroxyl groups is 1. The van der Waals surface area contributed by atoms with E-state index in [1.54, 1.807) is 6.07 Å². The number of benzene rings is 1. The van der Waals surface area contributed by atoms with E-state index >= 15 is 0 Å². The summed E-state index contributed by atoms with van der Waals surface area (Å²) in [5.41, 5.74) is 1.56. The van der Waals surface area contributed by atoms with Crippen molar-refractivity contribution in [2.45, 2.75) is 27.3 Å². The third kappa shape index (κ3) is 3.91. The minimum absolute atomic E-state index is 0.121. The third-order valence-electron chi connectivity index (χ3n) is 2.55. The van der Waals surface area contributed by atoms with Crippen LogP contribution in [-0.2, 0) is 6.54 Å². The van der Waals surface area contributed by atoms with E-state index in [9.17, 15) is 4.39 Å². The van der Waals surface area contributed by atoms with Crippen LogP contribution in [0.1, 0.15) is 25.0 Å². The number of hydrogen-bond acceptors (Lipinski definition) is 2. The van der Waals surface area contributed by atoms with Crippen LogP contribution in [0.3, 0.4) is 0 Å². The van der Waals surface area contributed by atoms with E-state index in [0.717, 1.165) is 5.56 Å². The summed E-state index contributed by atoms with van der Waals surface area (Å²) in [5, 5.41) is 12.2. The Morgan fingerprint density at radius 3 is 2.69 bits per heavy atom. The standard InChI is InChI=1S/C13H20FNO/c1-10-4-5-12(14)11(6-10)7-15-8-13(2,3)9-16/h4-6,15-16H,7-9H2,1-3H3. The van der Waals surface area contributed by atoms with Crippen LogP contribution in [0.5, 0.6) is 0 Å². The van der Waals surface area contributed by atoms with Gasteiger partial charge in [-0.3, -0.25) is 0 Å². The van der Waals surface area contributed by atoms with Crippen molar-refractivity contribution < 1.29 is 9.50 Å². The molecule has 0 aliphatic carbocycles. The summed E-state index contributed by atoms with van der Waals surface area (Å²) in [6, 6.07) is 5.09. The zero-order chi connectivity index (χ0) is 12.2. The number of nitrogens with one attached hydrogen (secondary N) is 1. The largest absolute Gasteiger partial charge is 0.396 e. The highest BCUT2D eigenvalue weighted by Gasteiger charge is 2.15. The molecule has 0 heterocycles. The van der Waals surface area contributed by atoms with Crippen LogP contribution in [0.2, 0.25) is 0 Å². The Bertz CT molecular complexity index is 350. The molecule has 1 rings (SSSR count). The Balaban J connectivity index is 2.52. The zero-order valence-corrected chi connectivity index (χ0v) is 10.2. The molecule has 0 spiro atoms. The molecule has 0 saturated heterocycles. The van der Waals surface area contributed by atoms with Crippen molar-refractivity contribution in [3.8, 4) is 0 Å². The van der Waals surface area contributed by atoms with Gasteiger partial charge in [0.05, 0.1) is 0 Å². The molecule has 1 aromatic rings. The van der Waals surface area contributed by atoms with E-state index in [4.69, 9.17) is 5.11 Å². The van der Waals surface area contributed by atoms with Crippen molar-refractivity contribution in [1.29, 1.82) is 0 Å². The van der Waals surface area contributed by atoms with Gasteiger partial charge in [-0.25, -0.2) is 4.39 Å². The molecule has 0 unspecified atom stereocenters. The summed E-state index contributed by atoms with van der Waals surface area (Å²) in [4.78, 5) is 0. The van der Waals surface area contributed by atoms with Crippen molar-refractivity contribution >= 4 is 0 Å². The quantitative estimate of drug-likeness (QED) is 0.805. The molecule has 0 aliphatic heterocycles. The molecule has 0 radical (unpaired) electrons. The summed E-state index contributed by atoms with van der Waals surface area (Å²) in [7, 11) is 0. The smallest absolute Gasteiger partial charge is 0.127 e. The minimum Gasteiger partial charge on any atom is -0.396 e. The Hall–Kier alpha value is -0.930. The number of rotatable bonds is 5. The molecule has 0 aliphatic rings. The van der Waals surface area contributed by atoms with Crippen molar-refractivity contribution in [1.82, 2.24) is 5.32 Å². The summed E-state index contributed by atoms with van der Waals surface area (Å²) >= 11 is 0. The highest BCUT2D eigenvalue weighted by Crippen LogP contribution is 2.13. The molecule has 0 saturated carbocycles. The Morgan fingerprint density at radius 1 is 1.38 bits per heavy atom. The number of aryl methyl sites for hydroxylation is 1. The average Bonchev–Trinajstić information content (AvgIpc) is 2.23. The van der Waals surface area contributed by atoms with Crippen molar-refractivity contribution in [3.05, 3.63) is 35.1 Å². The first-order chi connectivity index (χ1) is 7.44. The van der Waals surface area contributed by atoms with Gasteiger partial charge in [0.15, 0.2) is 0 Å². The summed E-state index contributed by atoms with van der Waals surface area (Å²) in [5.74, 6) is -0.181. The van der Waals surface area contributed by atoms with E-state index in [1.165, 1.54) is 6.07 Å². The first-order valence-corrected chi connectivity index (χ1v) is 5.51. The van der Waals surface area contributed by atoms with Gasteiger partial charge in [0, 0.05) is 30.7 Å². The summed E-state index contributed by atoms with van der Waals surface area (Å²) < 4.78 is 13.4. The fraction of sp³-hybridized carbons (Fsp3) is 0.538. The molecule has 0 atom stereocenters. The third-order valence-corrected chi connectivity index (χ3v) is 2.55. The fourth-order valence-corrected chi connectivity index (χ4v) is 1.43. The lowest BCUT2D eigenvalue weighted by atomic mass is 9.95. The predicted octanol–water partition coefficient (Wildman–Crippen LogP) is 2.24. The van der Waals surface area contributed by atoms with E-state index < -0.39 is 0 Å². The first-order valence-electron chi connectivity index (χ1n) is 5.51. The van der Waals surface area contributed by atoms with Crippen LogP contribution < -0.4 is 5.32 Å². The van der Waals surface area contributed by atoms with Gasteiger partial charge in [0.2, 0.25) is 0 Å². The van der Waals surface area contributed by atoms with E-state index in [2.05, 4.69) is 5.32 Å². The molecule has 3 heteroatoms. The lowest BCUT2D eigenvalue weighted by molar-refractivity contribution is 0.156. The highest BCUT2D eigenvalue weighted by molar-refractivity contribution is 5.23. The molecule has 0 aromatic heterocycles. The molecule has 1 aromatic carbocycles. The number of halogens is 1. The molecular formula is C13H20FNO. The molecule has 90 valence electrons. The van der Waals surface area contributed by atoms with Crippen molar-refractivity contribution in [2.24, 2.45) is 5.41 Å². The molecule has 2 nitrogen and oxygen atoms in total. The van der Waals surface area contributed by atoms with Gasteiger partial charge >= 0.3 is 0 Å². The second-order valence-corrected chi connectivity index (χ2v) is 5.02. The second kappa shape index (κ2) is 5.41. The van der Waals surface area contributed by atoms with Crippen LogP contribution in [-0.4, -0.2) is 18.3 Å². The maximum absolute atomic E-state index is 13.4. The Labute approximate surface area is 96.5 Å².